The average molecular weight is 122 g/mol. The van der Waals surface area contributed by atoms with Crippen LogP contribution in [0.4, 0.5) is 0 Å². The van der Waals surface area contributed by atoms with Crippen LogP contribution in [0.1, 0.15) is 5.56 Å². The van der Waals surface area contributed by atoms with Crippen LogP contribution in [0.15, 0.2) is 18.5 Å². The van der Waals surface area contributed by atoms with Gasteiger partial charge in [-0.05, 0) is 13.0 Å². The molecule has 0 amide bonds. The molecule has 1 radical (unpaired) electrons. The lowest BCUT2D eigenvalue weighted by Crippen LogP contribution is -1.86. The maximum atomic E-state index is 4.94. The van der Waals surface area contributed by atoms with Crippen molar-refractivity contribution in [2.45, 2.75) is 0 Å². The van der Waals surface area contributed by atoms with E-state index in [9.17, 15) is 0 Å². The van der Waals surface area contributed by atoms with Crippen molar-refractivity contribution in [1.82, 2.24) is 4.98 Å². The number of aromatic nitrogens is 1. The van der Waals surface area contributed by atoms with E-state index in [1.807, 2.05) is 0 Å². The Morgan fingerprint density at radius 3 is 2.89 bits per heavy atom. The summed E-state index contributed by atoms with van der Waals surface area (Å²) < 4.78 is 4.94. The highest BCUT2D eigenvalue weighted by molar-refractivity contribution is 5.31. The molecule has 0 aliphatic carbocycles. The van der Waals surface area contributed by atoms with Crippen LogP contribution in [0.25, 0.3) is 0 Å². The van der Waals surface area contributed by atoms with Gasteiger partial charge in [-0.1, -0.05) is 0 Å². The second kappa shape index (κ2) is 2.49. The zero-order valence-electron chi connectivity index (χ0n) is 5.29. The topological polar surface area (TPSA) is 22.1 Å². The summed E-state index contributed by atoms with van der Waals surface area (Å²) in [7, 11) is 1.62. The zero-order chi connectivity index (χ0) is 6.69. The van der Waals surface area contributed by atoms with Crippen molar-refractivity contribution in [3.63, 3.8) is 0 Å². The fraction of sp³-hybridized carbons (Fsp3) is 0.143. The van der Waals surface area contributed by atoms with Crippen LogP contribution in [0.5, 0.6) is 5.75 Å². The van der Waals surface area contributed by atoms with Gasteiger partial charge < -0.3 is 4.74 Å². The van der Waals surface area contributed by atoms with Gasteiger partial charge in [0.25, 0.3) is 0 Å². The first-order valence-corrected chi connectivity index (χ1v) is 2.64. The van der Waals surface area contributed by atoms with E-state index in [4.69, 9.17) is 4.74 Å². The van der Waals surface area contributed by atoms with E-state index in [0.29, 0.717) is 0 Å². The third-order valence-electron chi connectivity index (χ3n) is 1.08. The number of rotatable bonds is 1. The monoisotopic (exact) mass is 122 g/mol. The molecule has 47 valence electrons. The summed E-state index contributed by atoms with van der Waals surface area (Å²) in [6.45, 7) is 3.70. The molecule has 0 N–H and O–H groups in total. The molecule has 0 spiro atoms. The fourth-order valence-corrected chi connectivity index (χ4v) is 0.614. The molecule has 0 aliphatic heterocycles. The summed E-state index contributed by atoms with van der Waals surface area (Å²) in [6.07, 6.45) is 3.34. The van der Waals surface area contributed by atoms with E-state index in [-0.39, 0.29) is 0 Å². The lowest BCUT2D eigenvalue weighted by atomic mass is 10.3. The minimum atomic E-state index is 0.782. The van der Waals surface area contributed by atoms with Crippen LogP contribution in [0, 0.1) is 6.92 Å². The second-order valence-corrected chi connectivity index (χ2v) is 1.69. The van der Waals surface area contributed by atoms with Crippen molar-refractivity contribution in [1.29, 1.82) is 0 Å². The molecule has 0 unspecified atom stereocenters. The third-order valence-corrected chi connectivity index (χ3v) is 1.08. The van der Waals surface area contributed by atoms with Gasteiger partial charge in [-0.3, -0.25) is 4.98 Å². The zero-order valence-corrected chi connectivity index (χ0v) is 5.29. The first kappa shape index (κ1) is 6.08. The molecule has 0 fully saturated rings. The van der Waals surface area contributed by atoms with Gasteiger partial charge in [0, 0.05) is 18.0 Å². The Kier molecular flexibility index (Phi) is 1.68. The Hall–Kier alpha value is -1.05. The van der Waals surface area contributed by atoms with Crippen molar-refractivity contribution >= 4 is 0 Å². The summed E-state index contributed by atoms with van der Waals surface area (Å²) in [5, 5.41) is 0. The van der Waals surface area contributed by atoms with Crippen LogP contribution in [0.3, 0.4) is 0 Å². The van der Waals surface area contributed by atoms with Gasteiger partial charge in [-0.15, -0.1) is 0 Å². The van der Waals surface area contributed by atoms with Gasteiger partial charge in [-0.2, -0.15) is 0 Å². The third kappa shape index (κ3) is 1.19. The SMILES string of the molecule is [CH2]c1cnccc1OC. The lowest BCUT2D eigenvalue weighted by molar-refractivity contribution is 0.412. The molecule has 1 aromatic rings. The molecule has 0 aromatic carbocycles. The molecule has 0 saturated heterocycles. The molecule has 0 saturated carbocycles. The van der Waals surface area contributed by atoms with Gasteiger partial charge in [0.05, 0.1) is 7.11 Å². The van der Waals surface area contributed by atoms with Crippen molar-refractivity contribution in [2.24, 2.45) is 0 Å². The molecule has 0 aliphatic rings. The lowest BCUT2D eigenvalue weighted by Gasteiger charge is -1.99. The standard InChI is InChI=1S/C7H8NO/c1-6-5-8-4-3-7(6)9-2/h3-5H,1H2,2H3. The number of pyridine rings is 1. The Morgan fingerprint density at radius 2 is 2.44 bits per heavy atom. The Labute approximate surface area is 54.5 Å². The van der Waals surface area contributed by atoms with Gasteiger partial charge in [-0.25, -0.2) is 0 Å². The van der Waals surface area contributed by atoms with Crippen molar-refractivity contribution in [3.8, 4) is 5.75 Å². The quantitative estimate of drug-likeness (QED) is 0.559. The smallest absolute Gasteiger partial charge is 0.125 e. The van der Waals surface area contributed by atoms with E-state index in [2.05, 4.69) is 11.9 Å². The number of hydrogen-bond acceptors (Lipinski definition) is 2. The van der Waals surface area contributed by atoms with E-state index in [0.717, 1.165) is 11.3 Å². The molecule has 1 rings (SSSR count). The minimum Gasteiger partial charge on any atom is -0.496 e. The number of methoxy groups -OCH3 is 1. The molecule has 9 heavy (non-hydrogen) atoms. The largest absolute Gasteiger partial charge is 0.496 e. The molecular formula is C7H8NO. The molecular weight excluding hydrogens is 114 g/mol. The van der Waals surface area contributed by atoms with E-state index < -0.39 is 0 Å². The number of ether oxygens (including phenoxy) is 1. The van der Waals surface area contributed by atoms with E-state index in [1.165, 1.54) is 0 Å². The van der Waals surface area contributed by atoms with Gasteiger partial charge in [0.1, 0.15) is 5.75 Å². The number of hydrogen-bond donors (Lipinski definition) is 0. The predicted molar refractivity (Wildman–Crippen MR) is 35.2 cm³/mol. The Bertz CT molecular complexity index is 198. The van der Waals surface area contributed by atoms with Crippen molar-refractivity contribution in [2.75, 3.05) is 7.11 Å². The average Bonchev–Trinajstić information content (AvgIpc) is 1.89. The van der Waals surface area contributed by atoms with Crippen LogP contribution >= 0.6 is 0 Å². The van der Waals surface area contributed by atoms with Crippen molar-refractivity contribution < 1.29 is 4.74 Å². The van der Waals surface area contributed by atoms with Crippen LogP contribution in [0.2, 0.25) is 0 Å². The van der Waals surface area contributed by atoms with E-state index in [1.54, 1.807) is 25.6 Å². The highest BCUT2D eigenvalue weighted by Crippen LogP contribution is 2.12. The summed E-state index contributed by atoms with van der Waals surface area (Å²) in [5.41, 5.74) is 0.819. The Balaban J connectivity index is 3.01. The second-order valence-electron chi connectivity index (χ2n) is 1.69. The first-order chi connectivity index (χ1) is 4.34. The fourth-order valence-electron chi connectivity index (χ4n) is 0.614. The van der Waals surface area contributed by atoms with Crippen LogP contribution in [-0.4, -0.2) is 12.1 Å². The molecule has 2 nitrogen and oxygen atoms in total. The minimum absolute atomic E-state index is 0.782. The maximum absolute atomic E-state index is 4.94. The van der Waals surface area contributed by atoms with Gasteiger partial charge >= 0.3 is 0 Å². The highest BCUT2D eigenvalue weighted by atomic mass is 16.5. The number of nitrogens with zero attached hydrogens (tertiary/aromatic N) is 1. The Morgan fingerprint density at radius 1 is 1.67 bits per heavy atom. The summed E-state index contributed by atoms with van der Waals surface area (Å²) in [5.74, 6) is 0.782. The van der Waals surface area contributed by atoms with E-state index >= 15 is 0 Å². The summed E-state index contributed by atoms with van der Waals surface area (Å²) >= 11 is 0. The summed E-state index contributed by atoms with van der Waals surface area (Å²) in [4.78, 5) is 3.85. The molecule has 1 aromatic heterocycles. The predicted octanol–water partition coefficient (Wildman–Crippen LogP) is 1.27. The molecule has 0 bridgehead atoms. The van der Waals surface area contributed by atoms with Gasteiger partial charge in [0.15, 0.2) is 0 Å². The van der Waals surface area contributed by atoms with Crippen molar-refractivity contribution in [3.05, 3.63) is 30.9 Å². The summed E-state index contributed by atoms with van der Waals surface area (Å²) in [6, 6.07) is 1.78. The van der Waals surface area contributed by atoms with Crippen LogP contribution in [-0.2, 0) is 0 Å². The highest BCUT2D eigenvalue weighted by Gasteiger charge is 1.92. The van der Waals surface area contributed by atoms with Gasteiger partial charge in [0.2, 0.25) is 0 Å². The molecule has 0 atom stereocenters. The molecule has 2 heteroatoms. The maximum Gasteiger partial charge on any atom is 0.125 e. The first-order valence-electron chi connectivity index (χ1n) is 2.64. The molecule has 1 heterocycles. The van der Waals surface area contributed by atoms with Crippen LogP contribution < -0.4 is 4.74 Å². The normalized spacial score (nSPS) is 9.11.